The number of piperidine rings is 1. The molecule has 0 saturated carbocycles. The van der Waals surface area contributed by atoms with Gasteiger partial charge < -0.3 is 19.7 Å². The van der Waals surface area contributed by atoms with E-state index in [1.54, 1.807) is 36.3 Å². The molecule has 2 aromatic rings. The van der Waals surface area contributed by atoms with Crippen molar-refractivity contribution in [2.24, 2.45) is 0 Å². The predicted octanol–water partition coefficient (Wildman–Crippen LogP) is 3.22. The number of nitro groups is 1. The molecule has 0 aliphatic carbocycles. The summed E-state index contributed by atoms with van der Waals surface area (Å²) in [6.07, 6.45) is 1.68. The predicted molar refractivity (Wildman–Crippen MR) is 104 cm³/mol. The van der Waals surface area contributed by atoms with Crippen LogP contribution in [0.4, 0.5) is 5.69 Å². The van der Waals surface area contributed by atoms with E-state index >= 15 is 0 Å². The average molecular weight is 385 g/mol. The first-order valence-corrected chi connectivity index (χ1v) is 9.08. The van der Waals surface area contributed by atoms with Crippen molar-refractivity contribution in [3.63, 3.8) is 0 Å². The standard InChI is InChI=1S/C20H23N3O5/c1-21-14-9-11-22(12-10-14)20(24)18-13-15(23(25)26)3-8-19(18)28-17-6-4-16(27-2)5-7-17/h3-8,13-14,21H,9-12H2,1-2H3. The number of rotatable bonds is 6. The lowest BCUT2D eigenvalue weighted by molar-refractivity contribution is -0.384. The summed E-state index contributed by atoms with van der Waals surface area (Å²) in [5.74, 6) is 1.22. The first-order valence-electron chi connectivity index (χ1n) is 9.08. The third-order valence-electron chi connectivity index (χ3n) is 4.88. The number of nitrogens with one attached hydrogen (secondary N) is 1. The highest BCUT2D eigenvalue weighted by Crippen LogP contribution is 2.31. The molecular formula is C20H23N3O5. The topological polar surface area (TPSA) is 93.9 Å². The summed E-state index contributed by atoms with van der Waals surface area (Å²) in [7, 11) is 3.48. The number of carbonyl (C=O) groups excluding carboxylic acids is 1. The van der Waals surface area contributed by atoms with E-state index in [1.165, 1.54) is 18.2 Å². The Morgan fingerprint density at radius 3 is 2.36 bits per heavy atom. The van der Waals surface area contributed by atoms with Gasteiger partial charge in [0.05, 0.1) is 17.6 Å². The van der Waals surface area contributed by atoms with Gasteiger partial charge in [0.15, 0.2) is 0 Å². The van der Waals surface area contributed by atoms with E-state index in [2.05, 4.69) is 5.32 Å². The maximum Gasteiger partial charge on any atom is 0.270 e. The first kappa shape index (κ1) is 19.6. The van der Waals surface area contributed by atoms with Crippen molar-refractivity contribution in [2.75, 3.05) is 27.2 Å². The summed E-state index contributed by atoms with van der Waals surface area (Å²) in [5, 5.41) is 14.4. The van der Waals surface area contributed by atoms with Crippen molar-refractivity contribution in [2.45, 2.75) is 18.9 Å². The Morgan fingerprint density at radius 1 is 1.14 bits per heavy atom. The summed E-state index contributed by atoms with van der Waals surface area (Å²) in [6, 6.07) is 11.4. The van der Waals surface area contributed by atoms with E-state index in [9.17, 15) is 14.9 Å². The second kappa shape index (κ2) is 8.71. The molecule has 1 aliphatic rings. The summed E-state index contributed by atoms with van der Waals surface area (Å²) in [4.78, 5) is 25.5. The normalized spacial score (nSPS) is 14.6. The summed E-state index contributed by atoms with van der Waals surface area (Å²) in [6.45, 7) is 1.18. The highest BCUT2D eigenvalue weighted by atomic mass is 16.6. The van der Waals surface area contributed by atoms with Crippen LogP contribution in [0.1, 0.15) is 23.2 Å². The van der Waals surface area contributed by atoms with E-state index in [1.807, 2.05) is 7.05 Å². The highest BCUT2D eigenvalue weighted by molar-refractivity contribution is 5.97. The number of amides is 1. The maximum absolute atomic E-state index is 13.1. The van der Waals surface area contributed by atoms with Crippen molar-refractivity contribution in [3.8, 4) is 17.2 Å². The maximum atomic E-state index is 13.1. The van der Waals surface area contributed by atoms with Gasteiger partial charge in [-0.1, -0.05) is 0 Å². The second-order valence-corrected chi connectivity index (χ2v) is 6.57. The molecule has 148 valence electrons. The lowest BCUT2D eigenvalue weighted by Gasteiger charge is -2.32. The molecule has 8 nitrogen and oxygen atoms in total. The van der Waals surface area contributed by atoms with Crippen LogP contribution in [0.2, 0.25) is 0 Å². The van der Waals surface area contributed by atoms with Crippen LogP contribution in [0.3, 0.4) is 0 Å². The van der Waals surface area contributed by atoms with Crippen LogP contribution < -0.4 is 14.8 Å². The molecule has 0 atom stereocenters. The quantitative estimate of drug-likeness (QED) is 0.606. The Bertz CT molecular complexity index is 845. The zero-order valence-corrected chi connectivity index (χ0v) is 15.9. The molecule has 1 amide bonds. The number of hydrogen-bond donors (Lipinski definition) is 1. The van der Waals surface area contributed by atoms with E-state index < -0.39 is 4.92 Å². The lowest BCUT2D eigenvalue weighted by Crippen LogP contribution is -2.44. The molecule has 0 unspecified atom stereocenters. The Kier molecular flexibility index (Phi) is 6.10. The average Bonchev–Trinajstić information content (AvgIpc) is 2.74. The number of carbonyl (C=O) groups is 1. The highest BCUT2D eigenvalue weighted by Gasteiger charge is 2.26. The number of likely N-dealkylation sites (tertiary alicyclic amines) is 1. The van der Waals surface area contributed by atoms with Gasteiger partial charge in [-0.2, -0.15) is 0 Å². The minimum Gasteiger partial charge on any atom is -0.497 e. The van der Waals surface area contributed by atoms with Gasteiger partial charge in [-0.15, -0.1) is 0 Å². The van der Waals surface area contributed by atoms with Gasteiger partial charge >= 0.3 is 0 Å². The number of methoxy groups -OCH3 is 1. The van der Waals surface area contributed by atoms with Crippen molar-refractivity contribution < 1.29 is 19.2 Å². The summed E-state index contributed by atoms with van der Waals surface area (Å²) < 4.78 is 11.0. The van der Waals surface area contributed by atoms with Crippen LogP contribution >= 0.6 is 0 Å². The van der Waals surface area contributed by atoms with Crippen LogP contribution in [0.15, 0.2) is 42.5 Å². The minimum absolute atomic E-state index is 0.143. The molecule has 0 bridgehead atoms. The molecule has 8 heteroatoms. The van der Waals surface area contributed by atoms with Crippen molar-refractivity contribution in [3.05, 3.63) is 58.1 Å². The van der Waals surface area contributed by atoms with Gasteiger partial charge in [-0.25, -0.2) is 0 Å². The molecule has 0 spiro atoms. The fourth-order valence-electron chi connectivity index (χ4n) is 3.20. The van der Waals surface area contributed by atoms with E-state index in [4.69, 9.17) is 9.47 Å². The fraction of sp³-hybridized carbons (Fsp3) is 0.350. The molecule has 1 N–H and O–H groups in total. The number of ether oxygens (including phenoxy) is 2. The monoisotopic (exact) mass is 385 g/mol. The largest absolute Gasteiger partial charge is 0.497 e. The first-order chi connectivity index (χ1) is 13.5. The Hall–Kier alpha value is -3.13. The third-order valence-corrected chi connectivity index (χ3v) is 4.88. The second-order valence-electron chi connectivity index (χ2n) is 6.57. The number of benzene rings is 2. The number of non-ortho nitro benzene ring substituents is 1. The van der Waals surface area contributed by atoms with Gasteiger partial charge in [0, 0.05) is 31.3 Å². The zero-order valence-electron chi connectivity index (χ0n) is 15.9. The molecule has 28 heavy (non-hydrogen) atoms. The molecule has 0 radical (unpaired) electrons. The van der Waals surface area contributed by atoms with E-state index in [0.29, 0.717) is 30.6 Å². The molecule has 2 aromatic carbocycles. The minimum atomic E-state index is -0.513. The number of nitrogens with zero attached hydrogens (tertiary/aromatic N) is 2. The number of hydrogen-bond acceptors (Lipinski definition) is 6. The smallest absolute Gasteiger partial charge is 0.270 e. The van der Waals surface area contributed by atoms with Crippen LogP contribution in [-0.4, -0.2) is 49.0 Å². The summed E-state index contributed by atoms with van der Waals surface area (Å²) in [5.41, 5.74) is 0.0449. The van der Waals surface area contributed by atoms with Crippen molar-refractivity contribution in [1.82, 2.24) is 10.2 Å². The van der Waals surface area contributed by atoms with Gasteiger partial charge in [0.25, 0.3) is 11.6 Å². The van der Waals surface area contributed by atoms with Gasteiger partial charge in [0.2, 0.25) is 0 Å². The van der Waals surface area contributed by atoms with Gasteiger partial charge in [0.1, 0.15) is 17.2 Å². The molecule has 1 saturated heterocycles. The van der Waals surface area contributed by atoms with Crippen LogP contribution in [0.5, 0.6) is 17.2 Å². The fourth-order valence-corrected chi connectivity index (χ4v) is 3.20. The Morgan fingerprint density at radius 2 is 1.79 bits per heavy atom. The molecular weight excluding hydrogens is 362 g/mol. The van der Waals surface area contributed by atoms with Crippen molar-refractivity contribution in [1.29, 1.82) is 0 Å². The van der Waals surface area contributed by atoms with Crippen LogP contribution in [0, 0.1) is 10.1 Å². The SMILES string of the molecule is CNC1CCN(C(=O)c2cc([N+](=O)[O-])ccc2Oc2ccc(OC)cc2)CC1. The summed E-state index contributed by atoms with van der Waals surface area (Å²) >= 11 is 0. The zero-order chi connectivity index (χ0) is 20.1. The molecule has 1 fully saturated rings. The van der Waals surface area contributed by atoms with E-state index in [0.717, 1.165) is 12.8 Å². The third kappa shape index (κ3) is 4.40. The van der Waals surface area contributed by atoms with Crippen molar-refractivity contribution >= 4 is 11.6 Å². The molecule has 1 heterocycles. The molecule has 1 aliphatic heterocycles. The lowest BCUT2D eigenvalue weighted by atomic mass is 10.0. The van der Waals surface area contributed by atoms with Crippen LogP contribution in [0.25, 0.3) is 0 Å². The molecule has 3 rings (SSSR count). The number of nitro benzene ring substituents is 1. The van der Waals surface area contributed by atoms with Gasteiger partial charge in [-0.3, -0.25) is 14.9 Å². The Balaban J connectivity index is 1.87. The van der Waals surface area contributed by atoms with E-state index in [-0.39, 0.29) is 22.9 Å². The van der Waals surface area contributed by atoms with Crippen LogP contribution in [-0.2, 0) is 0 Å². The Labute approximate surface area is 163 Å². The molecule has 0 aromatic heterocycles. The van der Waals surface area contributed by atoms with Gasteiger partial charge in [-0.05, 0) is 50.2 Å².